The van der Waals surface area contributed by atoms with E-state index in [4.69, 9.17) is 10.9 Å². The Balaban J connectivity index is 0.00000220. The van der Waals surface area contributed by atoms with Crippen molar-refractivity contribution in [3.8, 4) is 0 Å². The zero-order chi connectivity index (χ0) is 15.0. The first-order valence-corrected chi connectivity index (χ1v) is 8.01. The summed E-state index contributed by atoms with van der Waals surface area (Å²) in [6.07, 6.45) is 3.15. The number of halogens is 1. The van der Waals surface area contributed by atoms with Crippen molar-refractivity contribution < 1.29 is 13.2 Å². The fourth-order valence-electron chi connectivity index (χ4n) is 2.47. The van der Waals surface area contributed by atoms with Crippen LogP contribution in [0.5, 0.6) is 0 Å². The monoisotopic (exact) mass is 333 g/mol. The second kappa shape index (κ2) is 6.31. The van der Waals surface area contributed by atoms with Gasteiger partial charge in [-0.1, -0.05) is 18.9 Å². The molecule has 0 heterocycles. The lowest BCUT2D eigenvalue weighted by Crippen LogP contribution is -2.48. The van der Waals surface area contributed by atoms with Gasteiger partial charge in [-0.15, -0.1) is 12.4 Å². The molecule has 1 aromatic rings. The van der Waals surface area contributed by atoms with Crippen molar-refractivity contribution in [2.45, 2.75) is 43.0 Å². The molecule has 0 spiro atoms. The molecule has 118 valence electrons. The summed E-state index contributed by atoms with van der Waals surface area (Å²) in [4.78, 5) is 12.2. The third-order valence-electron chi connectivity index (χ3n) is 3.70. The number of carbonyl (C=O) groups is 1. The number of hydrogen-bond acceptors (Lipinski definition) is 4. The van der Waals surface area contributed by atoms with E-state index < -0.39 is 15.6 Å². The van der Waals surface area contributed by atoms with Gasteiger partial charge in [-0.2, -0.15) is 0 Å². The predicted octanol–water partition coefficient (Wildman–Crippen LogP) is 1.27. The van der Waals surface area contributed by atoms with Crippen LogP contribution in [-0.2, 0) is 14.8 Å². The lowest BCUT2D eigenvalue weighted by atomic mass is 9.98. The number of anilines is 1. The number of aryl methyl sites for hydroxylation is 1. The molecule has 0 aliphatic heterocycles. The van der Waals surface area contributed by atoms with Crippen molar-refractivity contribution in [1.82, 2.24) is 0 Å². The van der Waals surface area contributed by atoms with E-state index in [1.165, 1.54) is 6.07 Å². The summed E-state index contributed by atoms with van der Waals surface area (Å²) in [5.41, 5.74) is 6.12. The molecular weight excluding hydrogens is 314 g/mol. The summed E-state index contributed by atoms with van der Waals surface area (Å²) in [5, 5.41) is 7.82. The van der Waals surface area contributed by atoms with E-state index in [1.54, 1.807) is 19.1 Å². The molecular formula is C13H20ClN3O3S. The van der Waals surface area contributed by atoms with Gasteiger partial charge in [0.25, 0.3) is 0 Å². The van der Waals surface area contributed by atoms with E-state index in [-0.39, 0.29) is 23.2 Å². The lowest BCUT2D eigenvalue weighted by molar-refractivity contribution is -0.121. The van der Waals surface area contributed by atoms with Crippen LogP contribution in [0.4, 0.5) is 5.69 Å². The van der Waals surface area contributed by atoms with Gasteiger partial charge < -0.3 is 11.1 Å². The van der Waals surface area contributed by atoms with Crippen LogP contribution in [0, 0.1) is 6.92 Å². The number of primary sulfonamides is 1. The van der Waals surface area contributed by atoms with Gasteiger partial charge in [0, 0.05) is 5.69 Å². The van der Waals surface area contributed by atoms with E-state index in [0.717, 1.165) is 12.8 Å². The van der Waals surface area contributed by atoms with Gasteiger partial charge in [-0.25, -0.2) is 13.6 Å². The Morgan fingerprint density at radius 1 is 1.29 bits per heavy atom. The molecule has 1 aromatic carbocycles. The van der Waals surface area contributed by atoms with Crippen LogP contribution >= 0.6 is 12.4 Å². The highest BCUT2D eigenvalue weighted by Crippen LogP contribution is 2.29. The third kappa shape index (κ3) is 3.94. The molecule has 8 heteroatoms. The summed E-state index contributed by atoms with van der Waals surface area (Å²) in [6, 6.07) is 4.61. The van der Waals surface area contributed by atoms with Gasteiger partial charge >= 0.3 is 0 Å². The maximum Gasteiger partial charge on any atom is 0.244 e. The Kier molecular flexibility index (Phi) is 5.38. The highest BCUT2D eigenvalue weighted by atomic mass is 35.5. The van der Waals surface area contributed by atoms with Crippen molar-refractivity contribution in [3.05, 3.63) is 23.8 Å². The van der Waals surface area contributed by atoms with Gasteiger partial charge in [-0.3, -0.25) is 4.79 Å². The zero-order valence-electron chi connectivity index (χ0n) is 11.8. The lowest BCUT2D eigenvalue weighted by Gasteiger charge is -2.22. The van der Waals surface area contributed by atoms with Gasteiger partial charge in [0.05, 0.1) is 10.4 Å². The highest BCUT2D eigenvalue weighted by Gasteiger charge is 2.37. The summed E-state index contributed by atoms with van der Waals surface area (Å²) in [6.45, 7) is 1.65. The molecule has 1 saturated carbocycles. The topological polar surface area (TPSA) is 115 Å². The van der Waals surface area contributed by atoms with Gasteiger partial charge in [0.2, 0.25) is 15.9 Å². The first-order valence-electron chi connectivity index (χ1n) is 6.46. The van der Waals surface area contributed by atoms with E-state index in [9.17, 15) is 13.2 Å². The minimum absolute atomic E-state index is 0. The Bertz CT molecular complexity index is 640. The number of rotatable bonds is 3. The number of nitrogens with two attached hydrogens (primary N) is 2. The van der Waals surface area contributed by atoms with Crippen LogP contribution in [0.3, 0.4) is 0 Å². The fraction of sp³-hybridized carbons (Fsp3) is 0.462. The molecule has 1 fully saturated rings. The average Bonchev–Trinajstić information content (AvgIpc) is 2.78. The van der Waals surface area contributed by atoms with E-state index >= 15 is 0 Å². The summed E-state index contributed by atoms with van der Waals surface area (Å²) in [7, 11) is -3.81. The number of carbonyl (C=O) groups excluding carboxylic acids is 1. The van der Waals surface area contributed by atoms with E-state index in [2.05, 4.69) is 5.32 Å². The summed E-state index contributed by atoms with van der Waals surface area (Å²) < 4.78 is 22.9. The van der Waals surface area contributed by atoms with Crippen molar-refractivity contribution in [3.63, 3.8) is 0 Å². The number of nitrogens with one attached hydrogen (secondary N) is 1. The second-order valence-corrected chi connectivity index (χ2v) is 6.87. The quantitative estimate of drug-likeness (QED) is 0.772. The predicted molar refractivity (Wildman–Crippen MR) is 83.8 cm³/mol. The van der Waals surface area contributed by atoms with Crippen molar-refractivity contribution >= 4 is 34.0 Å². The molecule has 0 atom stereocenters. The number of sulfonamides is 1. The maximum absolute atomic E-state index is 12.2. The molecule has 1 aliphatic carbocycles. The first kappa shape index (κ1) is 17.9. The molecule has 1 aliphatic rings. The van der Waals surface area contributed by atoms with Crippen LogP contribution in [-0.4, -0.2) is 19.9 Å². The third-order valence-corrected chi connectivity index (χ3v) is 4.75. The Labute approximate surface area is 130 Å². The average molecular weight is 334 g/mol. The van der Waals surface area contributed by atoms with E-state index in [1.807, 2.05) is 0 Å². The molecule has 5 N–H and O–H groups in total. The van der Waals surface area contributed by atoms with Crippen molar-refractivity contribution in [2.24, 2.45) is 10.9 Å². The fourth-order valence-corrected chi connectivity index (χ4v) is 3.28. The van der Waals surface area contributed by atoms with Crippen LogP contribution in [0.2, 0.25) is 0 Å². The normalized spacial score (nSPS) is 17.1. The number of amides is 1. The Morgan fingerprint density at radius 3 is 2.38 bits per heavy atom. The summed E-state index contributed by atoms with van der Waals surface area (Å²) in [5.74, 6) is -0.278. The van der Waals surface area contributed by atoms with Crippen LogP contribution in [0.1, 0.15) is 31.2 Å². The zero-order valence-corrected chi connectivity index (χ0v) is 13.4. The van der Waals surface area contributed by atoms with Crippen molar-refractivity contribution in [1.29, 1.82) is 0 Å². The van der Waals surface area contributed by atoms with Gasteiger partial charge in [-0.05, 0) is 37.5 Å². The summed E-state index contributed by atoms with van der Waals surface area (Å²) >= 11 is 0. The Hall–Kier alpha value is -1.15. The smallest absolute Gasteiger partial charge is 0.244 e. The second-order valence-electron chi connectivity index (χ2n) is 5.34. The first-order chi connectivity index (χ1) is 9.22. The molecule has 2 rings (SSSR count). The molecule has 0 radical (unpaired) electrons. The SMILES string of the molecule is Cc1ccc(NC(=O)C2(N)CCCC2)cc1S(N)(=O)=O.Cl. The minimum atomic E-state index is -3.81. The maximum atomic E-state index is 12.2. The van der Waals surface area contributed by atoms with Gasteiger partial charge in [0.15, 0.2) is 0 Å². The molecule has 0 bridgehead atoms. The standard InChI is InChI=1S/C13H19N3O3S.ClH/c1-9-4-5-10(8-11(9)20(15,18)19)16-12(17)13(14)6-2-3-7-13;/h4-5,8H,2-3,6-7,14H2,1H3,(H,16,17)(H2,15,18,19);1H. The molecule has 1 amide bonds. The highest BCUT2D eigenvalue weighted by molar-refractivity contribution is 7.89. The largest absolute Gasteiger partial charge is 0.324 e. The van der Waals surface area contributed by atoms with Crippen LogP contribution in [0.25, 0.3) is 0 Å². The number of benzene rings is 1. The Morgan fingerprint density at radius 2 is 1.86 bits per heavy atom. The van der Waals surface area contributed by atoms with Crippen LogP contribution in [0.15, 0.2) is 23.1 Å². The number of hydrogen-bond donors (Lipinski definition) is 3. The van der Waals surface area contributed by atoms with E-state index in [0.29, 0.717) is 24.1 Å². The molecule has 21 heavy (non-hydrogen) atoms. The molecule has 6 nitrogen and oxygen atoms in total. The molecule has 0 saturated heterocycles. The van der Waals surface area contributed by atoms with Gasteiger partial charge in [0.1, 0.15) is 0 Å². The molecule has 0 aromatic heterocycles. The van der Waals surface area contributed by atoms with Crippen molar-refractivity contribution in [2.75, 3.05) is 5.32 Å². The minimum Gasteiger partial charge on any atom is -0.324 e. The van der Waals surface area contributed by atoms with Crippen LogP contribution < -0.4 is 16.2 Å². The molecule has 0 unspecified atom stereocenters.